The zero-order valence-corrected chi connectivity index (χ0v) is 13.5. The molecule has 2 N–H and O–H groups in total. The van der Waals surface area contributed by atoms with Gasteiger partial charge in [0.05, 0.1) is 22.4 Å². The van der Waals surface area contributed by atoms with Crippen LogP contribution in [-0.4, -0.2) is 56.8 Å². The van der Waals surface area contributed by atoms with Crippen LogP contribution in [0.25, 0.3) is 0 Å². The number of hydrogen-bond donors (Lipinski definition) is 1. The molecule has 0 saturated carbocycles. The van der Waals surface area contributed by atoms with E-state index in [2.05, 4.69) is 27.9 Å². The van der Waals surface area contributed by atoms with Crippen LogP contribution in [-0.2, 0) is 13.6 Å². The summed E-state index contributed by atoms with van der Waals surface area (Å²) in [7, 11) is 2.01. The Hall–Kier alpha value is -0.980. The van der Waals surface area contributed by atoms with Gasteiger partial charge in [-0.25, -0.2) is 0 Å². The molecule has 1 unspecified atom stereocenters. The molecule has 1 aliphatic rings. The Labute approximate surface area is 126 Å². The summed E-state index contributed by atoms with van der Waals surface area (Å²) in [5.41, 5.74) is 8.18. The van der Waals surface area contributed by atoms with E-state index in [1.807, 2.05) is 18.7 Å². The van der Waals surface area contributed by atoms with E-state index in [1.165, 1.54) is 5.69 Å². The lowest BCUT2D eigenvalue weighted by molar-refractivity contribution is 0.110. The van der Waals surface area contributed by atoms with Crippen LogP contribution in [0.3, 0.4) is 0 Å². The van der Waals surface area contributed by atoms with Crippen molar-refractivity contribution in [1.82, 2.24) is 19.6 Å². The van der Waals surface area contributed by atoms with Crippen molar-refractivity contribution in [3.63, 3.8) is 0 Å². The maximum Gasteiger partial charge on any atom is 0.0901 e. The number of hydrogen-bond acceptors (Lipinski definition) is 4. The van der Waals surface area contributed by atoms with Crippen molar-refractivity contribution in [3.8, 4) is 0 Å². The molecule has 0 radical (unpaired) electrons. The van der Waals surface area contributed by atoms with Gasteiger partial charge in [-0.05, 0) is 19.4 Å². The maximum atomic E-state index is 5.82. The van der Waals surface area contributed by atoms with Crippen LogP contribution >= 0.6 is 12.2 Å². The topological polar surface area (TPSA) is 50.3 Å². The first-order chi connectivity index (χ1) is 9.51. The normalized spacial score (nSPS) is 19.1. The van der Waals surface area contributed by atoms with Crippen molar-refractivity contribution in [2.75, 3.05) is 26.2 Å². The summed E-state index contributed by atoms with van der Waals surface area (Å²) in [5.74, 6) is 0. The highest BCUT2D eigenvalue weighted by Gasteiger charge is 2.24. The minimum atomic E-state index is 0.256. The van der Waals surface area contributed by atoms with Crippen molar-refractivity contribution in [3.05, 3.63) is 17.5 Å². The number of rotatable bonds is 5. The molecule has 5 nitrogen and oxygen atoms in total. The quantitative estimate of drug-likeness (QED) is 0.818. The molecule has 20 heavy (non-hydrogen) atoms. The van der Waals surface area contributed by atoms with Gasteiger partial charge in [-0.15, -0.1) is 0 Å². The van der Waals surface area contributed by atoms with Crippen LogP contribution in [0.1, 0.15) is 24.7 Å². The zero-order chi connectivity index (χ0) is 14.7. The molecular formula is C14H25N5S. The van der Waals surface area contributed by atoms with Gasteiger partial charge in [0, 0.05) is 39.8 Å². The lowest BCUT2D eigenvalue weighted by Crippen LogP contribution is -2.53. The molecule has 1 fully saturated rings. The van der Waals surface area contributed by atoms with Crippen LogP contribution in [0, 0.1) is 6.92 Å². The van der Waals surface area contributed by atoms with Gasteiger partial charge in [0.25, 0.3) is 0 Å². The lowest BCUT2D eigenvalue weighted by Gasteiger charge is -2.38. The Kier molecular flexibility index (Phi) is 5.12. The minimum absolute atomic E-state index is 0.256. The number of nitrogens with two attached hydrogens (primary N) is 1. The van der Waals surface area contributed by atoms with E-state index >= 15 is 0 Å². The average molecular weight is 295 g/mol. The second-order valence-corrected chi connectivity index (χ2v) is 6.01. The number of nitrogens with zero attached hydrogens (tertiary/aromatic N) is 4. The van der Waals surface area contributed by atoms with Crippen LogP contribution in [0.2, 0.25) is 0 Å². The molecule has 0 spiro atoms. The zero-order valence-electron chi connectivity index (χ0n) is 12.7. The largest absolute Gasteiger partial charge is 0.392 e. The highest BCUT2D eigenvalue weighted by molar-refractivity contribution is 7.80. The molecule has 1 saturated heterocycles. The van der Waals surface area contributed by atoms with Gasteiger partial charge in [-0.2, -0.15) is 5.10 Å². The van der Waals surface area contributed by atoms with Crippen LogP contribution in [0.4, 0.5) is 0 Å². The SMILES string of the molecule is CCC(C(N)=S)N1CCN(Cc2cc(C)nn2C)CC1. The summed E-state index contributed by atoms with van der Waals surface area (Å²) >= 11 is 5.16. The molecule has 0 aliphatic carbocycles. The van der Waals surface area contributed by atoms with E-state index < -0.39 is 0 Å². The van der Waals surface area contributed by atoms with Crippen LogP contribution in [0.15, 0.2) is 6.07 Å². The number of piperazine rings is 1. The number of aromatic nitrogens is 2. The van der Waals surface area contributed by atoms with Gasteiger partial charge in [0.2, 0.25) is 0 Å². The average Bonchev–Trinajstić information content (AvgIpc) is 2.70. The Morgan fingerprint density at radius 2 is 2.05 bits per heavy atom. The van der Waals surface area contributed by atoms with E-state index in [0.717, 1.165) is 44.8 Å². The van der Waals surface area contributed by atoms with Gasteiger partial charge in [-0.1, -0.05) is 19.1 Å². The highest BCUT2D eigenvalue weighted by Crippen LogP contribution is 2.13. The Balaban J connectivity index is 1.88. The monoisotopic (exact) mass is 295 g/mol. The summed E-state index contributed by atoms with van der Waals surface area (Å²) in [6.07, 6.45) is 0.996. The maximum absolute atomic E-state index is 5.82. The molecule has 2 heterocycles. The molecule has 6 heteroatoms. The molecule has 112 valence electrons. The fraction of sp³-hybridized carbons (Fsp3) is 0.714. The van der Waals surface area contributed by atoms with Gasteiger partial charge in [-0.3, -0.25) is 14.5 Å². The standard InChI is InChI=1S/C14H25N5S/c1-4-13(14(15)20)19-7-5-18(6-8-19)10-12-9-11(2)16-17(12)3/h9,13H,4-8,10H2,1-3H3,(H2,15,20). The third kappa shape index (κ3) is 3.56. The van der Waals surface area contributed by atoms with Gasteiger partial charge < -0.3 is 5.73 Å². The smallest absolute Gasteiger partial charge is 0.0901 e. The van der Waals surface area contributed by atoms with Crippen molar-refractivity contribution in [2.24, 2.45) is 12.8 Å². The second kappa shape index (κ2) is 6.65. The summed E-state index contributed by atoms with van der Waals surface area (Å²) < 4.78 is 1.98. The van der Waals surface area contributed by atoms with Crippen molar-refractivity contribution in [1.29, 1.82) is 0 Å². The van der Waals surface area contributed by atoms with Gasteiger partial charge >= 0.3 is 0 Å². The summed E-state index contributed by atoms with van der Waals surface area (Å²) in [6, 6.07) is 2.42. The molecule has 1 aromatic rings. The van der Waals surface area contributed by atoms with Crippen molar-refractivity contribution in [2.45, 2.75) is 32.9 Å². The van der Waals surface area contributed by atoms with Crippen LogP contribution < -0.4 is 5.73 Å². The molecule has 0 amide bonds. The number of aryl methyl sites for hydroxylation is 2. The first-order valence-electron chi connectivity index (χ1n) is 7.26. The van der Waals surface area contributed by atoms with E-state index in [4.69, 9.17) is 18.0 Å². The Morgan fingerprint density at radius 3 is 2.50 bits per heavy atom. The van der Waals surface area contributed by atoms with Crippen LogP contribution in [0.5, 0.6) is 0 Å². The molecule has 0 aromatic carbocycles. The predicted octanol–water partition coefficient (Wildman–Crippen LogP) is 0.911. The van der Waals surface area contributed by atoms with Gasteiger partial charge in [0.15, 0.2) is 0 Å². The molecule has 1 atom stereocenters. The highest BCUT2D eigenvalue weighted by atomic mass is 32.1. The Bertz CT molecular complexity index is 462. The fourth-order valence-electron chi connectivity index (χ4n) is 2.91. The summed E-state index contributed by atoms with van der Waals surface area (Å²) in [6.45, 7) is 9.34. The molecule has 1 aliphatic heterocycles. The van der Waals surface area contributed by atoms with E-state index in [0.29, 0.717) is 4.99 Å². The summed E-state index contributed by atoms with van der Waals surface area (Å²) in [5, 5.41) is 4.40. The Morgan fingerprint density at radius 1 is 1.40 bits per heavy atom. The minimum Gasteiger partial charge on any atom is -0.392 e. The first-order valence-corrected chi connectivity index (χ1v) is 7.67. The van der Waals surface area contributed by atoms with Gasteiger partial charge in [0.1, 0.15) is 0 Å². The molecule has 0 bridgehead atoms. The third-order valence-electron chi connectivity index (χ3n) is 4.05. The molecule has 2 rings (SSSR count). The van der Waals surface area contributed by atoms with E-state index in [1.54, 1.807) is 0 Å². The van der Waals surface area contributed by atoms with E-state index in [9.17, 15) is 0 Å². The predicted molar refractivity (Wildman–Crippen MR) is 85.7 cm³/mol. The third-order valence-corrected chi connectivity index (χ3v) is 4.32. The first kappa shape index (κ1) is 15.4. The molecule has 1 aromatic heterocycles. The molecular weight excluding hydrogens is 270 g/mol. The van der Waals surface area contributed by atoms with E-state index in [-0.39, 0.29) is 6.04 Å². The number of thiocarbonyl (C=S) groups is 1. The fourth-order valence-corrected chi connectivity index (χ4v) is 3.23. The summed E-state index contributed by atoms with van der Waals surface area (Å²) in [4.78, 5) is 5.51. The second-order valence-electron chi connectivity index (χ2n) is 5.54. The lowest BCUT2D eigenvalue weighted by atomic mass is 10.1. The van der Waals surface area contributed by atoms with Crippen molar-refractivity contribution >= 4 is 17.2 Å². The van der Waals surface area contributed by atoms with Crippen molar-refractivity contribution < 1.29 is 0 Å².